The van der Waals surface area contributed by atoms with Crippen LogP contribution in [0.4, 0.5) is 4.79 Å². The number of rotatable bonds is 6. The molecule has 1 aromatic heterocycles. The van der Waals surface area contributed by atoms with Gasteiger partial charge in [0.25, 0.3) is 0 Å². The third-order valence-corrected chi connectivity index (χ3v) is 4.27. The first-order chi connectivity index (χ1) is 10.2. The van der Waals surface area contributed by atoms with E-state index >= 15 is 0 Å². The maximum atomic E-state index is 11.7. The summed E-state index contributed by atoms with van der Waals surface area (Å²) in [6.45, 7) is 1.31. The van der Waals surface area contributed by atoms with Crippen LogP contribution in [-0.4, -0.2) is 35.8 Å². The molecule has 1 heterocycles. The van der Waals surface area contributed by atoms with Gasteiger partial charge in [-0.15, -0.1) is 0 Å². The summed E-state index contributed by atoms with van der Waals surface area (Å²) in [7, 11) is 0. The summed E-state index contributed by atoms with van der Waals surface area (Å²) in [6.07, 6.45) is 4.79. The largest absolute Gasteiger partial charge is 0.396 e. The van der Waals surface area contributed by atoms with Crippen LogP contribution in [0.25, 0.3) is 10.9 Å². The predicted octanol–water partition coefficient (Wildman–Crippen LogP) is 1.78. The van der Waals surface area contributed by atoms with E-state index in [4.69, 9.17) is 0 Å². The average Bonchev–Trinajstić information content (AvgIpc) is 3.19. The van der Waals surface area contributed by atoms with Crippen LogP contribution in [-0.2, 0) is 6.42 Å². The Morgan fingerprint density at radius 2 is 2.10 bits per heavy atom. The highest BCUT2D eigenvalue weighted by Crippen LogP contribution is 2.44. The van der Waals surface area contributed by atoms with Crippen molar-refractivity contribution >= 4 is 16.9 Å². The number of urea groups is 1. The molecule has 1 aliphatic carbocycles. The zero-order valence-electron chi connectivity index (χ0n) is 12.0. The van der Waals surface area contributed by atoms with Crippen LogP contribution in [0.2, 0.25) is 0 Å². The second-order valence-electron chi connectivity index (χ2n) is 5.88. The molecule has 0 spiro atoms. The molecule has 1 saturated carbocycles. The van der Waals surface area contributed by atoms with Crippen molar-refractivity contribution in [2.24, 2.45) is 5.41 Å². The van der Waals surface area contributed by atoms with E-state index in [0.717, 1.165) is 24.8 Å². The molecule has 5 heteroatoms. The van der Waals surface area contributed by atoms with E-state index in [1.165, 1.54) is 10.9 Å². The molecule has 112 valence electrons. The molecule has 1 aromatic carbocycles. The zero-order valence-corrected chi connectivity index (χ0v) is 12.0. The number of benzene rings is 1. The Labute approximate surface area is 123 Å². The molecule has 21 heavy (non-hydrogen) atoms. The van der Waals surface area contributed by atoms with Gasteiger partial charge in [0.1, 0.15) is 0 Å². The normalized spacial score (nSPS) is 15.9. The average molecular weight is 287 g/mol. The zero-order chi connectivity index (χ0) is 14.7. The maximum absolute atomic E-state index is 11.7. The summed E-state index contributed by atoms with van der Waals surface area (Å²) in [5.74, 6) is 0. The first-order valence-electron chi connectivity index (χ1n) is 7.40. The number of hydrogen-bond donors (Lipinski definition) is 4. The summed E-state index contributed by atoms with van der Waals surface area (Å²) in [6, 6.07) is 7.99. The number of aromatic amines is 1. The van der Waals surface area contributed by atoms with Gasteiger partial charge in [0, 0.05) is 35.6 Å². The van der Waals surface area contributed by atoms with Gasteiger partial charge in [0.05, 0.1) is 6.61 Å². The van der Waals surface area contributed by atoms with Crippen molar-refractivity contribution in [1.82, 2.24) is 15.6 Å². The summed E-state index contributed by atoms with van der Waals surface area (Å²) in [5, 5.41) is 16.1. The standard InChI is InChI=1S/C16H21N3O2/c20-11-16(6-7-16)10-19-15(21)17-8-5-12-9-18-14-4-2-1-3-13(12)14/h1-4,9,18,20H,5-8,10-11H2,(H2,17,19,21). The highest BCUT2D eigenvalue weighted by Gasteiger charge is 2.42. The van der Waals surface area contributed by atoms with Crippen molar-refractivity contribution in [1.29, 1.82) is 0 Å². The van der Waals surface area contributed by atoms with Gasteiger partial charge in [-0.3, -0.25) is 0 Å². The van der Waals surface area contributed by atoms with Crippen molar-refractivity contribution < 1.29 is 9.90 Å². The van der Waals surface area contributed by atoms with E-state index in [1.54, 1.807) is 0 Å². The van der Waals surface area contributed by atoms with Gasteiger partial charge in [0.15, 0.2) is 0 Å². The fourth-order valence-electron chi connectivity index (χ4n) is 2.55. The summed E-state index contributed by atoms with van der Waals surface area (Å²) in [5.41, 5.74) is 2.28. The van der Waals surface area contributed by atoms with Crippen molar-refractivity contribution in [2.45, 2.75) is 19.3 Å². The van der Waals surface area contributed by atoms with Crippen molar-refractivity contribution in [2.75, 3.05) is 19.7 Å². The fourth-order valence-corrected chi connectivity index (χ4v) is 2.55. The molecule has 0 unspecified atom stereocenters. The Kier molecular flexibility index (Phi) is 3.84. The molecule has 0 atom stereocenters. The lowest BCUT2D eigenvalue weighted by molar-refractivity contribution is 0.203. The lowest BCUT2D eigenvalue weighted by atomic mass is 10.1. The minimum absolute atomic E-state index is 0.0474. The Hall–Kier alpha value is -2.01. The van der Waals surface area contributed by atoms with Gasteiger partial charge in [-0.25, -0.2) is 4.79 Å². The molecular formula is C16H21N3O2. The monoisotopic (exact) mass is 287 g/mol. The van der Waals surface area contributed by atoms with Crippen LogP contribution < -0.4 is 10.6 Å². The minimum atomic E-state index is -0.158. The number of amides is 2. The maximum Gasteiger partial charge on any atom is 0.314 e. The quantitative estimate of drug-likeness (QED) is 0.653. The molecule has 3 rings (SSSR count). The van der Waals surface area contributed by atoms with E-state index in [1.807, 2.05) is 24.4 Å². The Morgan fingerprint density at radius 3 is 2.86 bits per heavy atom. The molecule has 1 aliphatic rings. The third kappa shape index (κ3) is 3.19. The molecule has 0 radical (unpaired) electrons. The van der Waals surface area contributed by atoms with Crippen LogP contribution in [0.15, 0.2) is 30.5 Å². The van der Waals surface area contributed by atoms with Crippen molar-refractivity contribution in [3.63, 3.8) is 0 Å². The first kappa shape index (κ1) is 13.9. The Balaban J connectivity index is 1.44. The topological polar surface area (TPSA) is 77.2 Å². The number of nitrogens with one attached hydrogen (secondary N) is 3. The smallest absolute Gasteiger partial charge is 0.314 e. The Bertz CT molecular complexity index is 631. The molecule has 1 fully saturated rings. The molecule has 4 N–H and O–H groups in total. The Morgan fingerprint density at radius 1 is 1.29 bits per heavy atom. The number of hydrogen-bond acceptors (Lipinski definition) is 2. The van der Waals surface area contributed by atoms with Gasteiger partial charge < -0.3 is 20.7 Å². The lowest BCUT2D eigenvalue weighted by Gasteiger charge is -2.13. The van der Waals surface area contributed by atoms with E-state index in [-0.39, 0.29) is 18.1 Å². The third-order valence-electron chi connectivity index (χ3n) is 4.27. The van der Waals surface area contributed by atoms with Crippen LogP contribution >= 0.6 is 0 Å². The molecule has 2 amide bonds. The lowest BCUT2D eigenvalue weighted by Crippen LogP contribution is -2.40. The summed E-state index contributed by atoms with van der Waals surface area (Å²) >= 11 is 0. The number of aliphatic hydroxyl groups is 1. The molecule has 2 aromatic rings. The highest BCUT2D eigenvalue weighted by molar-refractivity contribution is 5.83. The van der Waals surface area contributed by atoms with E-state index < -0.39 is 0 Å². The number of para-hydroxylation sites is 1. The van der Waals surface area contributed by atoms with Gasteiger partial charge in [0.2, 0.25) is 0 Å². The molecule has 0 bridgehead atoms. The first-order valence-corrected chi connectivity index (χ1v) is 7.40. The number of carbonyl (C=O) groups excluding carboxylic acids is 1. The van der Waals surface area contributed by atoms with Crippen LogP contribution in [0.5, 0.6) is 0 Å². The minimum Gasteiger partial charge on any atom is -0.396 e. The van der Waals surface area contributed by atoms with E-state index in [2.05, 4.69) is 21.7 Å². The molecule has 0 aliphatic heterocycles. The van der Waals surface area contributed by atoms with Crippen molar-refractivity contribution in [3.8, 4) is 0 Å². The van der Waals surface area contributed by atoms with Gasteiger partial charge in [-0.05, 0) is 30.9 Å². The predicted molar refractivity (Wildman–Crippen MR) is 82.2 cm³/mol. The molecular weight excluding hydrogens is 266 g/mol. The number of carbonyl (C=O) groups is 1. The van der Waals surface area contributed by atoms with E-state index in [0.29, 0.717) is 13.1 Å². The highest BCUT2D eigenvalue weighted by atomic mass is 16.3. The van der Waals surface area contributed by atoms with Crippen LogP contribution in [0, 0.1) is 5.41 Å². The fraction of sp³-hybridized carbons (Fsp3) is 0.438. The van der Waals surface area contributed by atoms with Gasteiger partial charge >= 0.3 is 6.03 Å². The number of aliphatic hydroxyl groups excluding tert-OH is 1. The number of H-pyrrole nitrogens is 1. The summed E-state index contributed by atoms with van der Waals surface area (Å²) in [4.78, 5) is 14.9. The second kappa shape index (κ2) is 5.77. The van der Waals surface area contributed by atoms with Gasteiger partial charge in [-0.2, -0.15) is 0 Å². The van der Waals surface area contributed by atoms with Crippen LogP contribution in [0.1, 0.15) is 18.4 Å². The van der Waals surface area contributed by atoms with E-state index in [9.17, 15) is 9.90 Å². The number of aromatic nitrogens is 1. The molecule has 0 saturated heterocycles. The SMILES string of the molecule is O=C(NCCc1c[nH]c2ccccc12)NCC1(CO)CC1. The van der Waals surface area contributed by atoms with Gasteiger partial charge in [-0.1, -0.05) is 18.2 Å². The summed E-state index contributed by atoms with van der Waals surface area (Å²) < 4.78 is 0. The molecule has 5 nitrogen and oxygen atoms in total. The number of fused-ring (bicyclic) bond motifs is 1. The second-order valence-corrected chi connectivity index (χ2v) is 5.88. The van der Waals surface area contributed by atoms with Crippen LogP contribution in [0.3, 0.4) is 0 Å². The van der Waals surface area contributed by atoms with Crippen molar-refractivity contribution in [3.05, 3.63) is 36.0 Å².